The maximum absolute atomic E-state index is 12.5. The van der Waals surface area contributed by atoms with Gasteiger partial charge in [-0.15, -0.1) is 10.2 Å². The van der Waals surface area contributed by atoms with E-state index in [1.165, 1.54) is 0 Å². The van der Waals surface area contributed by atoms with Crippen molar-refractivity contribution in [1.82, 2.24) is 20.0 Å². The second kappa shape index (κ2) is 8.95. The average molecular weight is 417 g/mol. The molecule has 0 bridgehead atoms. The Hall–Kier alpha value is -2.41. The quantitative estimate of drug-likeness (QED) is 0.748. The van der Waals surface area contributed by atoms with E-state index in [4.69, 9.17) is 16.0 Å². The third kappa shape index (κ3) is 4.96. The van der Waals surface area contributed by atoms with Gasteiger partial charge >= 0.3 is 0 Å². The summed E-state index contributed by atoms with van der Waals surface area (Å²) < 4.78 is 5.77. The number of piperidine rings is 1. The number of carbonyl (C=O) groups is 2. The molecule has 0 spiro atoms. The van der Waals surface area contributed by atoms with Gasteiger partial charge in [0.25, 0.3) is 0 Å². The fraction of sp³-hybridized carbons (Fsp3) is 0.524. The summed E-state index contributed by atoms with van der Waals surface area (Å²) in [4.78, 5) is 28.5. The first kappa shape index (κ1) is 19.9. The molecule has 2 fully saturated rings. The number of nitrogens with zero attached hydrogens (tertiary/aromatic N) is 4. The fourth-order valence-electron chi connectivity index (χ4n) is 3.98. The van der Waals surface area contributed by atoms with Crippen LogP contribution in [-0.4, -0.2) is 58.0 Å². The fourth-order valence-corrected chi connectivity index (χ4v) is 4.10. The highest BCUT2D eigenvalue weighted by Crippen LogP contribution is 2.27. The molecule has 1 aromatic carbocycles. The van der Waals surface area contributed by atoms with Crippen LogP contribution in [0.15, 0.2) is 28.7 Å². The van der Waals surface area contributed by atoms with Crippen molar-refractivity contribution in [3.05, 3.63) is 46.6 Å². The number of hydrogen-bond acceptors (Lipinski definition) is 5. The van der Waals surface area contributed by atoms with E-state index < -0.39 is 0 Å². The van der Waals surface area contributed by atoms with Gasteiger partial charge in [0.2, 0.25) is 23.6 Å². The summed E-state index contributed by atoms with van der Waals surface area (Å²) in [5, 5.41) is 8.90. The summed E-state index contributed by atoms with van der Waals surface area (Å²) in [6, 6.07) is 7.38. The molecule has 29 heavy (non-hydrogen) atoms. The molecular formula is C21H25ClN4O3. The first-order valence-electron chi connectivity index (χ1n) is 10.2. The standard InChI is InChI=1S/C21H25ClN4O3/c22-17-5-3-15(4-6-17)13-19(27)26-11-7-16(8-12-26)21-24-23-18(29-21)14-20(28)25-9-1-2-10-25/h3-6,16H,1-2,7-14H2. The molecule has 2 saturated heterocycles. The van der Waals surface area contributed by atoms with E-state index in [-0.39, 0.29) is 24.2 Å². The Bertz CT molecular complexity index is 853. The Morgan fingerprint density at radius 2 is 1.55 bits per heavy atom. The molecule has 0 aliphatic carbocycles. The van der Waals surface area contributed by atoms with E-state index >= 15 is 0 Å². The van der Waals surface area contributed by atoms with Gasteiger partial charge in [-0.25, -0.2) is 0 Å². The summed E-state index contributed by atoms with van der Waals surface area (Å²) in [5.74, 6) is 1.28. The van der Waals surface area contributed by atoms with Crippen LogP contribution in [0.4, 0.5) is 0 Å². The summed E-state index contributed by atoms with van der Waals surface area (Å²) in [6.45, 7) is 2.98. The minimum atomic E-state index is 0.0558. The summed E-state index contributed by atoms with van der Waals surface area (Å²) in [5.41, 5.74) is 0.964. The second-order valence-electron chi connectivity index (χ2n) is 7.76. The van der Waals surface area contributed by atoms with Gasteiger partial charge < -0.3 is 14.2 Å². The minimum Gasteiger partial charge on any atom is -0.424 e. The molecule has 7 nitrogen and oxygen atoms in total. The van der Waals surface area contributed by atoms with E-state index in [1.807, 2.05) is 21.9 Å². The number of hydrogen-bond donors (Lipinski definition) is 0. The Labute approximate surface area is 175 Å². The van der Waals surface area contributed by atoms with Crippen LogP contribution in [0, 0.1) is 0 Å². The third-order valence-electron chi connectivity index (χ3n) is 5.71. The van der Waals surface area contributed by atoms with Crippen LogP contribution in [0.2, 0.25) is 5.02 Å². The molecule has 2 aliphatic heterocycles. The van der Waals surface area contributed by atoms with Crippen molar-refractivity contribution in [2.45, 2.75) is 44.4 Å². The molecule has 8 heteroatoms. The zero-order valence-corrected chi connectivity index (χ0v) is 17.1. The summed E-state index contributed by atoms with van der Waals surface area (Å²) in [7, 11) is 0. The molecule has 0 saturated carbocycles. The van der Waals surface area contributed by atoms with Gasteiger partial charge in [-0.2, -0.15) is 0 Å². The van der Waals surface area contributed by atoms with Gasteiger partial charge in [0.05, 0.1) is 6.42 Å². The number of aromatic nitrogens is 2. The summed E-state index contributed by atoms with van der Waals surface area (Å²) >= 11 is 5.90. The molecule has 4 rings (SSSR count). The molecule has 1 aromatic heterocycles. The Morgan fingerprint density at radius 3 is 2.24 bits per heavy atom. The molecule has 0 atom stereocenters. The maximum atomic E-state index is 12.5. The lowest BCUT2D eigenvalue weighted by molar-refractivity contribution is -0.132. The Morgan fingerprint density at radius 1 is 0.931 bits per heavy atom. The van der Waals surface area contributed by atoms with Gasteiger partial charge in [-0.1, -0.05) is 23.7 Å². The van der Waals surface area contributed by atoms with Gasteiger partial charge in [0, 0.05) is 37.1 Å². The van der Waals surface area contributed by atoms with E-state index in [9.17, 15) is 9.59 Å². The van der Waals surface area contributed by atoms with Crippen molar-refractivity contribution in [1.29, 1.82) is 0 Å². The molecule has 154 valence electrons. The molecule has 0 radical (unpaired) electrons. The number of benzene rings is 1. The van der Waals surface area contributed by atoms with Crippen LogP contribution in [0.5, 0.6) is 0 Å². The SMILES string of the molecule is O=C(Cc1ccc(Cl)cc1)N1CCC(c2nnc(CC(=O)N3CCCC3)o2)CC1. The zero-order valence-electron chi connectivity index (χ0n) is 16.3. The molecule has 2 aliphatic rings. The van der Waals surface area contributed by atoms with Crippen molar-refractivity contribution >= 4 is 23.4 Å². The van der Waals surface area contributed by atoms with Crippen LogP contribution in [-0.2, 0) is 22.4 Å². The van der Waals surface area contributed by atoms with E-state index in [2.05, 4.69) is 10.2 Å². The van der Waals surface area contributed by atoms with Crippen molar-refractivity contribution < 1.29 is 14.0 Å². The smallest absolute Gasteiger partial charge is 0.231 e. The largest absolute Gasteiger partial charge is 0.424 e. The molecule has 2 amide bonds. The van der Waals surface area contributed by atoms with Crippen LogP contribution in [0.1, 0.15) is 48.9 Å². The van der Waals surface area contributed by atoms with Gasteiger partial charge in [0.1, 0.15) is 6.42 Å². The highest BCUT2D eigenvalue weighted by atomic mass is 35.5. The molecule has 0 N–H and O–H groups in total. The highest BCUT2D eigenvalue weighted by molar-refractivity contribution is 6.30. The first-order valence-corrected chi connectivity index (χ1v) is 10.6. The molecule has 2 aromatic rings. The predicted octanol–water partition coefficient (Wildman–Crippen LogP) is 2.84. The number of likely N-dealkylation sites (tertiary alicyclic amines) is 2. The number of halogens is 1. The van der Waals surface area contributed by atoms with E-state index in [0.29, 0.717) is 36.3 Å². The Kier molecular flexibility index (Phi) is 6.13. The van der Waals surface area contributed by atoms with Gasteiger partial charge in [0.15, 0.2) is 0 Å². The monoisotopic (exact) mass is 416 g/mol. The zero-order chi connectivity index (χ0) is 20.2. The molecule has 0 unspecified atom stereocenters. The third-order valence-corrected chi connectivity index (χ3v) is 5.96. The minimum absolute atomic E-state index is 0.0558. The van der Waals surface area contributed by atoms with Gasteiger partial charge in [-0.05, 0) is 43.4 Å². The van der Waals surface area contributed by atoms with Crippen molar-refractivity contribution in [3.8, 4) is 0 Å². The van der Waals surface area contributed by atoms with Crippen molar-refractivity contribution in [2.75, 3.05) is 26.2 Å². The second-order valence-corrected chi connectivity index (χ2v) is 8.19. The first-order chi connectivity index (χ1) is 14.1. The summed E-state index contributed by atoms with van der Waals surface area (Å²) in [6.07, 6.45) is 4.25. The number of rotatable bonds is 5. The maximum Gasteiger partial charge on any atom is 0.231 e. The van der Waals surface area contributed by atoms with Crippen molar-refractivity contribution in [2.24, 2.45) is 0 Å². The molecule has 3 heterocycles. The van der Waals surface area contributed by atoms with Crippen LogP contribution in [0.25, 0.3) is 0 Å². The Balaban J connectivity index is 1.27. The number of carbonyl (C=O) groups excluding carboxylic acids is 2. The average Bonchev–Trinajstić information content (AvgIpc) is 3.42. The van der Waals surface area contributed by atoms with Crippen LogP contribution in [0.3, 0.4) is 0 Å². The topological polar surface area (TPSA) is 79.5 Å². The normalized spacial score (nSPS) is 17.7. The van der Waals surface area contributed by atoms with Gasteiger partial charge in [-0.3, -0.25) is 9.59 Å². The lowest BCUT2D eigenvalue weighted by Gasteiger charge is -2.30. The van der Waals surface area contributed by atoms with Crippen LogP contribution < -0.4 is 0 Å². The van der Waals surface area contributed by atoms with E-state index in [0.717, 1.165) is 44.3 Å². The van der Waals surface area contributed by atoms with Crippen LogP contribution >= 0.6 is 11.6 Å². The lowest BCUT2D eigenvalue weighted by Crippen LogP contribution is -2.38. The predicted molar refractivity (Wildman–Crippen MR) is 108 cm³/mol. The molecular weight excluding hydrogens is 392 g/mol. The van der Waals surface area contributed by atoms with E-state index in [1.54, 1.807) is 12.1 Å². The highest BCUT2D eigenvalue weighted by Gasteiger charge is 2.28. The number of amides is 2. The van der Waals surface area contributed by atoms with Crippen molar-refractivity contribution in [3.63, 3.8) is 0 Å². The lowest BCUT2D eigenvalue weighted by atomic mass is 9.96.